The Morgan fingerprint density at radius 1 is 1.04 bits per heavy atom. The Kier molecular flexibility index (Phi) is 11.5. The van der Waals surface area contributed by atoms with E-state index in [0.717, 1.165) is 0 Å². The van der Waals surface area contributed by atoms with Crippen LogP contribution in [0.5, 0.6) is 5.75 Å². The zero-order valence-electron chi connectivity index (χ0n) is 24.2. The van der Waals surface area contributed by atoms with Crippen molar-refractivity contribution in [3.63, 3.8) is 0 Å². The van der Waals surface area contributed by atoms with Crippen LogP contribution < -0.4 is 15.6 Å². The second-order valence-corrected chi connectivity index (χ2v) is 12.2. The summed E-state index contributed by atoms with van der Waals surface area (Å²) in [5, 5.41) is 31.9. The van der Waals surface area contributed by atoms with Crippen LogP contribution >= 0.6 is 0 Å². The van der Waals surface area contributed by atoms with Gasteiger partial charge in [-0.1, -0.05) is 47.6 Å². The van der Waals surface area contributed by atoms with Crippen molar-refractivity contribution in [1.82, 2.24) is 10.9 Å². The molecule has 15 heteroatoms. The standard InChI is InChI=1S/C30H34N6O8S/c31-36-34-26-10-5-4-9-25(26)27-30(29(40)35-33-22(19-38)20-39,15-18-45(41,42)24-7-2-1-3-8-24)32-28(44-27)21-11-13-23(14-12-21)43-17-6-16-37/h1-5,7-14,22,27,33,37-39H,6,15-20H2,(H,35,40)/t27-,30-/m0/s1. The number of hydrogen-bond donors (Lipinski definition) is 5. The molecule has 2 atom stereocenters. The number of nitrogens with one attached hydrogen (secondary N) is 2. The number of azide groups is 1. The average molecular weight is 639 g/mol. The second kappa shape index (κ2) is 15.5. The molecular formula is C30H34N6O8S. The van der Waals surface area contributed by atoms with Crippen LogP contribution in [0.25, 0.3) is 10.4 Å². The van der Waals surface area contributed by atoms with E-state index in [0.29, 0.717) is 24.3 Å². The number of amides is 1. The largest absolute Gasteiger partial charge is 0.494 e. The Balaban J connectivity index is 1.82. The number of carbonyl (C=O) groups is 1. The first-order valence-electron chi connectivity index (χ1n) is 14.1. The Morgan fingerprint density at radius 3 is 2.40 bits per heavy atom. The Morgan fingerprint density at radius 2 is 1.73 bits per heavy atom. The number of benzene rings is 3. The Hall–Kier alpha value is -4.50. The highest BCUT2D eigenvalue weighted by Crippen LogP contribution is 2.45. The van der Waals surface area contributed by atoms with Crippen molar-refractivity contribution < 1.29 is 38.0 Å². The van der Waals surface area contributed by atoms with Crippen molar-refractivity contribution >= 4 is 27.3 Å². The molecule has 3 aromatic rings. The van der Waals surface area contributed by atoms with E-state index in [9.17, 15) is 29.0 Å². The maximum atomic E-state index is 14.1. The van der Waals surface area contributed by atoms with E-state index in [4.69, 9.17) is 19.6 Å². The summed E-state index contributed by atoms with van der Waals surface area (Å²) in [6.07, 6.45) is -1.17. The van der Waals surface area contributed by atoms with E-state index >= 15 is 0 Å². The van der Waals surface area contributed by atoms with Gasteiger partial charge in [-0.2, -0.15) is 0 Å². The number of rotatable bonds is 16. The van der Waals surface area contributed by atoms with E-state index in [-0.39, 0.29) is 35.1 Å². The summed E-state index contributed by atoms with van der Waals surface area (Å²) >= 11 is 0. The summed E-state index contributed by atoms with van der Waals surface area (Å²) in [5.74, 6) is -0.772. The zero-order chi connectivity index (χ0) is 32.3. The quantitative estimate of drug-likeness (QED) is 0.0511. The van der Waals surface area contributed by atoms with Crippen LogP contribution in [0.2, 0.25) is 0 Å². The minimum Gasteiger partial charge on any atom is -0.494 e. The lowest BCUT2D eigenvalue weighted by Crippen LogP contribution is -2.56. The minimum atomic E-state index is -3.91. The third-order valence-corrected chi connectivity index (χ3v) is 8.82. The molecule has 0 spiro atoms. The molecule has 0 saturated heterocycles. The van der Waals surface area contributed by atoms with Crippen LogP contribution in [-0.4, -0.2) is 79.3 Å². The number of aliphatic hydroxyl groups is 3. The third-order valence-electron chi connectivity index (χ3n) is 7.09. The summed E-state index contributed by atoms with van der Waals surface area (Å²) in [6, 6.07) is 19.9. The van der Waals surface area contributed by atoms with Crippen molar-refractivity contribution in [2.75, 3.05) is 32.2 Å². The van der Waals surface area contributed by atoms with Gasteiger partial charge in [-0.3, -0.25) is 10.2 Å². The lowest BCUT2D eigenvalue weighted by atomic mass is 9.84. The van der Waals surface area contributed by atoms with Crippen LogP contribution in [0.1, 0.15) is 30.1 Å². The van der Waals surface area contributed by atoms with Gasteiger partial charge in [-0.05, 0) is 41.9 Å². The molecule has 0 unspecified atom stereocenters. The van der Waals surface area contributed by atoms with Crippen molar-refractivity contribution in [2.24, 2.45) is 10.1 Å². The summed E-state index contributed by atoms with van der Waals surface area (Å²) < 4.78 is 38.8. The number of aliphatic imine (C=N–C) groups is 1. The van der Waals surface area contributed by atoms with Gasteiger partial charge in [-0.25, -0.2) is 18.8 Å². The number of ether oxygens (including phenoxy) is 2. The molecule has 0 radical (unpaired) electrons. The average Bonchev–Trinajstić information content (AvgIpc) is 3.46. The third kappa shape index (κ3) is 7.97. The predicted molar refractivity (Wildman–Crippen MR) is 164 cm³/mol. The summed E-state index contributed by atoms with van der Waals surface area (Å²) in [5.41, 5.74) is 13.2. The lowest BCUT2D eigenvalue weighted by molar-refractivity contribution is -0.130. The first-order chi connectivity index (χ1) is 21.8. The van der Waals surface area contributed by atoms with Crippen LogP contribution in [0.4, 0.5) is 5.69 Å². The fourth-order valence-corrected chi connectivity index (χ4v) is 6.04. The minimum absolute atomic E-state index is 0.0161. The molecule has 0 aliphatic carbocycles. The molecule has 5 N–H and O–H groups in total. The lowest BCUT2D eigenvalue weighted by Gasteiger charge is -2.31. The molecule has 238 valence electrons. The highest BCUT2D eigenvalue weighted by Gasteiger charge is 2.54. The maximum absolute atomic E-state index is 14.1. The fourth-order valence-electron chi connectivity index (χ4n) is 4.66. The molecule has 14 nitrogen and oxygen atoms in total. The molecular weight excluding hydrogens is 604 g/mol. The molecule has 1 heterocycles. The first kappa shape index (κ1) is 33.4. The Bertz CT molecular complexity index is 1630. The molecule has 4 rings (SSSR count). The highest BCUT2D eigenvalue weighted by atomic mass is 32.2. The summed E-state index contributed by atoms with van der Waals surface area (Å²) in [6.45, 7) is -0.724. The molecule has 0 bridgehead atoms. The molecule has 0 fully saturated rings. The molecule has 3 aromatic carbocycles. The van der Waals surface area contributed by atoms with Crippen molar-refractivity contribution in [1.29, 1.82) is 0 Å². The highest BCUT2D eigenvalue weighted by molar-refractivity contribution is 7.91. The van der Waals surface area contributed by atoms with Gasteiger partial charge in [0.15, 0.2) is 21.5 Å². The molecule has 1 aliphatic heterocycles. The van der Waals surface area contributed by atoms with Crippen LogP contribution in [0.15, 0.2) is 93.9 Å². The number of aliphatic hydroxyl groups excluding tert-OH is 3. The zero-order valence-corrected chi connectivity index (χ0v) is 25.0. The van der Waals surface area contributed by atoms with Gasteiger partial charge < -0.3 is 24.8 Å². The van der Waals surface area contributed by atoms with Gasteiger partial charge in [-0.15, -0.1) is 0 Å². The van der Waals surface area contributed by atoms with Crippen LogP contribution in [-0.2, 0) is 19.4 Å². The monoisotopic (exact) mass is 638 g/mol. The van der Waals surface area contributed by atoms with Gasteiger partial charge in [0, 0.05) is 41.2 Å². The number of carbonyl (C=O) groups excluding carboxylic acids is 1. The van der Waals surface area contributed by atoms with Crippen molar-refractivity contribution in [2.45, 2.75) is 35.4 Å². The molecule has 45 heavy (non-hydrogen) atoms. The Labute approximate surface area is 259 Å². The van der Waals surface area contributed by atoms with E-state index in [2.05, 4.69) is 20.9 Å². The second-order valence-electron chi connectivity index (χ2n) is 10.1. The van der Waals surface area contributed by atoms with Crippen LogP contribution in [0.3, 0.4) is 0 Å². The van der Waals surface area contributed by atoms with E-state index in [1.807, 2.05) is 0 Å². The van der Waals surface area contributed by atoms with E-state index in [1.165, 1.54) is 18.2 Å². The smallest absolute Gasteiger partial charge is 0.266 e. The van der Waals surface area contributed by atoms with Gasteiger partial charge in [0.1, 0.15) is 5.75 Å². The van der Waals surface area contributed by atoms with E-state index in [1.54, 1.807) is 60.7 Å². The van der Waals surface area contributed by atoms with Gasteiger partial charge in [0.05, 0.1) is 36.5 Å². The fraction of sp³-hybridized carbons (Fsp3) is 0.333. The summed E-state index contributed by atoms with van der Waals surface area (Å²) in [4.78, 5) is 21.8. The normalized spacial score (nSPS) is 17.7. The predicted octanol–water partition coefficient (Wildman–Crippen LogP) is 2.48. The molecule has 0 saturated carbocycles. The SMILES string of the molecule is [N-]=[N+]=Nc1ccccc1[C@@H]1OC(c2ccc(OCCCO)cc2)=N[C@]1(CCS(=O)(=O)c1ccccc1)C(=O)NNC(CO)CO. The summed E-state index contributed by atoms with van der Waals surface area (Å²) in [7, 11) is -3.91. The maximum Gasteiger partial charge on any atom is 0.266 e. The first-order valence-corrected chi connectivity index (χ1v) is 15.7. The van der Waals surface area contributed by atoms with Crippen molar-refractivity contribution in [3.05, 3.63) is 100 Å². The van der Waals surface area contributed by atoms with Gasteiger partial charge >= 0.3 is 0 Å². The topological polar surface area (TPSA) is 216 Å². The number of sulfone groups is 1. The number of hydrazine groups is 1. The molecule has 1 amide bonds. The van der Waals surface area contributed by atoms with Crippen LogP contribution in [0, 0.1) is 0 Å². The number of hydrogen-bond acceptors (Lipinski definition) is 11. The molecule has 0 aromatic heterocycles. The molecule has 1 aliphatic rings. The van der Waals surface area contributed by atoms with Crippen molar-refractivity contribution in [3.8, 4) is 5.75 Å². The van der Waals surface area contributed by atoms with Gasteiger partial charge in [0.2, 0.25) is 5.90 Å². The van der Waals surface area contributed by atoms with E-state index < -0.39 is 52.4 Å². The number of nitrogens with zero attached hydrogens (tertiary/aromatic N) is 4. The van der Waals surface area contributed by atoms with Gasteiger partial charge in [0.25, 0.3) is 5.91 Å².